The number of hydrogen-bond donors (Lipinski definition) is 1. The monoisotopic (exact) mass is 235 g/mol. The van der Waals surface area contributed by atoms with Gasteiger partial charge in [-0.25, -0.2) is 4.98 Å². The van der Waals surface area contributed by atoms with Crippen molar-refractivity contribution in [2.75, 3.05) is 11.5 Å². The Kier molecular flexibility index (Phi) is 3.40. The van der Waals surface area contributed by atoms with E-state index in [0.717, 1.165) is 17.2 Å². The smallest absolute Gasteiger partial charge is 0.174 e. The first-order valence-corrected chi connectivity index (χ1v) is 6.04. The lowest BCUT2D eigenvalue weighted by Gasteiger charge is -2.00. The van der Waals surface area contributed by atoms with Crippen molar-refractivity contribution in [2.45, 2.75) is 18.4 Å². The quantitative estimate of drug-likeness (QED) is 0.817. The topological polar surface area (TPSA) is 69.6 Å². The molecule has 0 fully saturated rings. The van der Waals surface area contributed by atoms with Crippen molar-refractivity contribution in [3.8, 4) is 5.82 Å². The van der Waals surface area contributed by atoms with Crippen molar-refractivity contribution < 1.29 is 0 Å². The highest BCUT2D eigenvalue weighted by Crippen LogP contribution is 2.21. The van der Waals surface area contributed by atoms with Crippen LogP contribution in [0, 0.1) is 0 Å². The van der Waals surface area contributed by atoms with Crippen LogP contribution < -0.4 is 5.73 Å². The lowest BCUT2D eigenvalue weighted by molar-refractivity contribution is 0.811. The second-order valence-electron chi connectivity index (χ2n) is 3.23. The van der Waals surface area contributed by atoms with Gasteiger partial charge in [0.2, 0.25) is 0 Å². The molecule has 0 aromatic carbocycles. The molecule has 5 nitrogen and oxygen atoms in total. The van der Waals surface area contributed by atoms with Gasteiger partial charge in [-0.1, -0.05) is 6.92 Å². The summed E-state index contributed by atoms with van der Waals surface area (Å²) in [4.78, 5) is 8.14. The van der Waals surface area contributed by atoms with Gasteiger partial charge in [-0.3, -0.25) is 4.98 Å². The zero-order valence-electron chi connectivity index (χ0n) is 9.00. The molecule has 0 aliphatic carbocycles. The summed E-state index contributed by atoms with van der Waals surface area (Å²) in [5, 5.41) is 5.29. The molecular weight excluding hydrogens is 222 g/mol. The molecule has 0 saturated carbocycles. The van der Waals surface area contributed by atoms with Crippen LogP contribution in [0.25, 0.3) is 5.82 Å². The lowest BCUT2D eigenvalue weighted by Crippen LogP contribution is -2.03. The van der Waals surface area contributed by atoms with Crippen LogP contribution in [-0.2, 0) is 0 Å². The van der Waals surface area contributed by atoms with E-state index in [4.69, 9.17) is 5.73 Å². The molecule has 84 valence electrons. The van der Waals surface area contributed by atoms with Crippen LogP contribution in [0.4, 0.5) is 5.82 Å². The first kappa shape index (κ1) is 10.9. The van der Waals surface area contributed by atoms with Crippen LogP contribution in [0.5, 0.6) is 0 Å². The van der Waals surface area contributed by atoms with Crippen molar-refractivity contribution >= 4 is 17.6 Å². The van der Waals surface area contributed by atoms with Crippen molar-refractivity contribution in [3.63, 3.8) is 0 Å². The average molecular weight is 235 g/mol. The molecule has 0 radical (unpaired) electrons. The molecule has 0 aliphatic heterocycles. The largest absolute Gasteiger partial charge is 0.383 e. The summed E-state index contributed by atoms with van der Waals surface area (Å²) in [7, 11) is 0. The highest BCUT2D eigenvalue weighted by Gasteiger charge is 2.07. The maximum atomic E-state index is 5.86. The van der Waals surface area contributed by atoms with Crippen LogP contribution in [-0.4, -0.2) is 25.5 Å². The van der Waals surface area contributed by atoms with Crippen molar-refractivity contribution in [2.24, 2.45) is 0 Å². The maximum absolute atomic E-state index is 5.86. The summed E-state index contributed by atoms with van der Waals surface area (Å²) >= 11 is 1.69. The summed E-state index contributed by atoms with van der Waals surface area (Å²) < 4.78 is 1.60. The number of hydrogen-bond acceptors (Lipinski definition) is 5. The molecule has 0 atom stereocenters. The molecule has 0 amide bonds. The first-order valence-electron chi connectivity index (χ1n) is 5.06. The summed E-state index contributed by atoms with van der Waals surface area (Å²) in [5.74, 6) is 2.26. The van der Waals surface area contributed by atoms with Gasteiger partial charge in [0, 0.05) is 18.5 Å². The van der Waals surface area contributed by atoms with Crippen LogP contribution in [0.15, 0.2) is 29.7 Å². The molecule has 2 N–H and O–H groups in total. The van der Waals surface area contributed by atoms with Crippen LogP contribution in [0.1, 0.15) is 13.3 Å². The Morgan fingerprint density at radius 2 is 2.31 bits per heavy atom. The van der Waals surface area contributed by atoms with E-state index < -0.39 is 0 Å². The molecular formula is C10H13N5S. The van der Waals surface area contributed by atoms with Gasteiger partial charge in [-0.2, -0.15) is 9.78 Å². The predicted octanol–water partition coefficient (Wildman–Crippen LogP) is 1.75. The number of rotatable bonds is 4. The third kappa shape index (κ3) is 2.33. The fraction of sp³-hybridized carbons (Fsp3) is 0.300. The van der Waals surface area contributed by atoms with Gasteiger partial charge in [-0.05, 0) is 12.2 Å². The van der Waals surface area contributed by atoms with Gasteiger partial charge in [-0.15, -0.1) is 11.8 Å². The van der Waals surface area contributed by atoms with Crippen LogP contribution in [0.2, 0.25) is 0 Å². The van der Waals surface area contributed by atoms with Gasteiger partial charge < -0.3 is 5.73 Å². The standard InChI is InChI=1S/C10H13N5S/c1-2-5-16-10-6-8(11)15(14-10)9-7-12-3-4-13-9/h3-4,6-7H,2,5,11H2,1H3. The Hall–Kier alpha value is -1.56. The number of nitrogens with zero attached hydrogens (tertiary/aromatic N) is 4. The predicted molar refractivity (Wildman–Crippen MR) is 64.6 cm³/mol. The summed E-state index contributed by atoms with van der Waals surface area (Å²) in [6, 6.07) is 1.86. The van der Waals surface area contributed by atoms with Crippen molar-refractivity contribution in [1.82, 2.24) is 19.7 Å². The van der Waals surface area contributed by atoms with Gasteiger partial charge in [0.15, 0.2) is 5.82 Å². The minimum atomic E-state index is 0.583. The third-order valence-corrected chi connectivity index (χ3v) is 3.04. The number of nitrogens with two attached hydrogens (primary N) is 1. The summed E-state index contributed by atoms with van der Waals surface area (Å²) in [5.41, 5.74) is 5.86. The molecule has 0 spiro atoms. The zero-order chi connectivity index (χ0) is 11.4. The van der Waals surface area contributed by atoms with E-state index in [-0.39, 0.29) is 0 Å². The highest BCUT2D eigenvalue weighted by atomic mass is 32.2. The Balaban J connectivity index is 2.25. The molecule has 2 heterocycles. The SMILES string of the molecule is CCCSc1cc(N)n(-c2cnccn2)n1. The van der Waals surface area contributed by atoms with E-state index in [9.17, 15) is 0 Å². The van der Waals surface area contributed by atoms with Gasteiger partial charge in [0.1, 0.15) is 10.8 Å². The molecule has 0 bridgehead atoms. The summed E-state index contributed by atoms with van der Waals surface area (Å²) in [6.07, 6.45) is 5.99. The second-order valence-corrected chi connectivity index (χ2v) is 4.35. The van der Waals surface area contributed by atoms with E-state index >= 15 is 0 Å². The normalized spacial score (nSPS) is 10.6. The number of thioether (sulfide) groups is 1. The molecule has 0 saturated heterocycles. The van der Waals surface area contributed by atoms with E-state index in [1.165, 1.54) is 0 Å². The molecule has 2 aromatic rings. The molecule has 0 aliphatic rings. The van der Waals surface area contributed by atoms with E-state index in [1.807, 2.05) is 6.07 Å². The average Bonchev–Trinajstić information content (AvgIpc) is 2.69. The Bertz CT molecular complexity index is 453. The van der Waals surface area contributed by atoms with E-state index in [2.05, 4.69) is 22.0 Å². The van der Waals surface area contributed by atoms with E-state index in [0.29, 0.717) is 11.6 Å². The Morgan fingerprint density at radius 3 is 3.00 bits per heavy atom. The van der Waals surface area contributed by atoms with Gasteiger partial charge in [0.05, 0.1) is 6.20 Å². The molecule has 2 rings (SSSR count). The molecule has 16 heavy (non-hydrogen) atoms. The van der Waals surface area contributed by atoms with Crippen LogP contribution >= 0.6 is 11.8 Å². The molecule has 2 aromatic heterocycles. The lowest BCUT2D eigenvalue weighted by atomic mass is 10.6. The third-order valence-electron chi connectivity index (χ3n) is 1.94. The first-order chi connectivity index (χ1) is 7.81. The Labute approximate surface area is 98.1 Å². The zero-order valence-corrected chi connectivity index (χ0v) is 9.81. The van der Waals surface area contributed by atoms with Crippen LogP contribution in [0.3, 0.4) is 0 Å². The highest BCUT2D eigenvalue weighted by molar-refractivity contribution is 7.99. The van der Waals surface area contributed by atoms with Crippen molar-refractivity contribution in [3.05, 3.63) is 24.7 Å². The number of anilines is 1. The fourth-order valence-corrected chi connectivity index (χ4v) is 1.99. The molecule has 0 unspecified atom stereocenters. The number of nitrogen functional groups attached to an aromatic ring is 1. The Morgan fingerprint density at radius 1 is 1.44 bits per heavy atom. The maximum Gasteiger partial charge on any atom is 0.174 e. The minimum absolute atomic E-state index is 0.583. The van der Waals surface area contributed by atoms with Gasteiger partial charge >= 0.3 is 0 Å². The minimum Gasteiger partial charge on any atom is -0.383 e. The second kappa shape index (κ2) is 4.98. The van der Waals surface area contributed by atoms with E-state index in [1.54, 1.807) is 35.0 Å². The fourth-order valence-electron chi connectivity index (χ4n) is 1.23. The number of aromatic nitrogens is 4. The van der Waals surface area contributed by atoms with Gasteiger partial charge in [0.25, 0.3) is 0 Å². The van der Waals surface area contributed by atoms with Crippen molar-refractivity contribution in [1.29, 1.82) is 0 Å². The molecule has 6 heteroatoms. The summed E-state index contributed by atoms with van der Waals surface area (Å²) in [6.45, 7) is 2.13.